The van der Waals surface area contributed by atoms with E-state index in [9.17, 15) is 18.4 Å². The molecule has 1 heterocycles. The van der Waals surface area contributed by atoms with E-state index in [1.165, 1.54) is 31.4 Å². The number of amides is 2. The van der Waals surface area contributed by atoms with Gasteiger partial charge in [0.05, 0.1) is 27.2 Å². The lowest BCUT2D eigenvalue weighted by Gasteiger charge is -2.15. The highest BCUT2D eigenvalue weighted by atomic mass is 127. The number of hydrogen-bond donors (Lipinski definition) is 0. The first-order valence-corrected chi connectivity index (χ1v) is 12.5. The standard InChI is InChI=1S/C25H17ClF2INO4S/c1-33-21-10-14(9-20(29)23(21)34-13-16-17(26)6-4-8-19(16)28)11-22-24(31)30(25(32)35-22)12-15-5-2-3-7-18(15)27/h2-11H,12-13H2,1H3/b22-11-. The summed E-state index contributed by atoms with van der Waals surface area (Å²) in [5.41, 5.74) is 1.07. The fourth-order valence-electron chi connectivity index (χ4n) is 3.36. The molecular weight excluding hydrogens is 611 g/mol. The Balaban J connectivity index is 1.56. The maximum atomic E-state index is 14.1. The molecular formula is C25H17ClF2INO4S. The molecule has 2 amide bonds. The highest BCUT2D eigenvalue weighted by Crippen LogP contribution is 2.38. The van der Waals surface area contributed by atoms with Gasteiger partial charge in [-0.1, -0.05) is 35.9 Å². The molecule has 3 aromatic carbocycles. The highest BCUT2D eigenvalue weighted by Gasteiger charge is 2.35. The minimum absolute atomic E-state index is 0.105. The summed E-state index contributed by atoms with van der Waals surface area (Å²) in [6.07, 6.45) is 1.56. The van der Waals surface area contributed by atoms with Gasteiger partial charge >= 0.3 is 0 Å². The molecule has 180 valence electrons. The molecule has 0 aliphatic carbocycles. The first-order chi connectivity index (χ1) is 16.8. The fourth-order valence-corrected chi connectivity index (χ4v) is 5.20. The zero-order chi connectivity index (χ0) is 25.1. The van der Waals surface area contributed by atoms with E-state index in [0.29, 0.717) is 20.6 Å². The number of carbonyl (C=O) groups excluding carboxylic acids is 2. The number of thioether (sulfide) groups is 1. The molecule has 1 aliphatic rings. The third-order valence-electron chi connectivity index (χ3n) is 5.13. The number of nitrogens with zero attached hydrogens (tertiary/aromatic N) is 1. The molecule has 0 N–H and O–H groups in total. The van der Waals surface area contributed by atoms with Gasteiger partial charge in [0.1, 0.15) is 18.2 Å². The van der Waals surface area contributed by atoms with Gasteiger partial charge in [-0.25, -0.2) is 8.78 Å². The molecule has 5 nitrogen and oxygen atoms in total. The summed E-state index contributed by atoms with van der Waals surface area (Å²) in [6.45, 7) is -0.257. The van der Waals surface area contributed by atoms with E-state index in [-0.39, 0.29) is 34.2 Å². The van der Waals surface area contributed by atoms with Crippen LogP contribution in [0.2, 0.25) is 5.02 Å². The van der Waals surface area contributed by atoms with Gasteiger partial charge in [0.25, 0.3) is 11.1 Å². The number of carbonyl (C=O) groups is 2. The van der Waals surface area contributed by atoms with Crippen molar-refractivity contribution in [3.63, 3.8) is 0 Å². The Morgan fingerprint density at radius 1 is 1.09 bits per heavy atom. The van der Waals surface area contributed by atoms with Crippen molar-refractivity contribution in [2.75, 3.05) is 7.11 Å². The zero-order valence-electron chi connectivity index (χ0n) is 18.2. The van der Waals surface area contributed by atoms with Gasteiger partial charge in [-0.15, -0.1) is 0 Å². The van der Waals surface area contributed by atoms with Crippen molar-refractivity contribution in [2.45, 2.75) is 13.2 Å². The van der Waals surface area contributed by atoms with E-state index in [0.717, 1.165) is 16.7 Å². The summed E-state index contributed by atoms with van der Waals surface area (Å²) in [4.78, 5) is 26.5. The van der Waals surface area contributed by atoms with Gasteiger partial charge in [0.2, 0.25) is 0 Å². The van der Waals surface area contributed by atoms with Crippen molar-refractivity contribution in [3.05, 3.63) is 96.4 Å². The van der Waals surface area contributed by atoms with Crippen LogP contribution in [0.15, 0.2) is 59.5 Å². The van der Waals surface area contributed by atoms with Gasteiger partial charge in [-0.3, -0.25) is 14.5 Å². The summed E-state index contributed by atoms with van der Waals surface area (Å²) in [6, 6.07) is 13.8. The fraction of sp³-hybridized carbons (Fsp3) is 0.120. The Morgan fingerprint density at radius 3 is 2.54 bits per heavy atom. The molecule has 3 aromatic rings. The summed E-state index contributed by atoms with van der Waals surface area (Å²) < 4.78 is 40.0. The average Bonchev–Trinajstić information content (AvgIpc) is 3.08. The SMILES string of the molecule is COc1cc(/C=C2\SC(=O)N(Cc3ccccc3F)C2=O)cc(I)c1OCc1c(F)cccc1Cl. The van der Waals surface area contributed by atoms with Crippen molar-refractivity contribution >= 4 is 63.2 Å². The molecule has 35 heavy (non-hydrogen) atoms. The maximum Gasteiger partial charge on any atom is 0.293 e. The number of halogens is 4. The molecule has 0 unspecified atom stereocenters. The second-order valence-corrected chi connectivity index (χ2v) is 9.94. The van der Waals surface area contributed by atoms with Gasteiger partial charge < -0.3 is 9.47 Å². The molecule has 0 spiro atoms. The van der Waals surface area contributed by atoms with Crippen molar-refractivity contribution in [1.82, 2.24) is 4.90 Å². The van der Waals surface area contributed by atoms with Crippen molar-refractivity contribution in [1.29, 1.82) is 0 Å². The normalized spacial score (nSPS) is 14.7. The smallest absolute Gasteiger partial charge is 0.293 e. The molecule has 0 atom stereocenters. The Morgan fingerprint density at radius 2 is 1.83 bits per heavy atom. The van der Waals surface area contributed by atoms with Gasteiger partial charge in [0.15, 0.2) is 11.5 Å². The predicted molar refractivity (Wildman–Crippen MR) is 139 cm³/mol. The quantitative estimate of drug-likeness (QED) is 0.208. The van der Waals surface area contributed by atoms with E-state index >= 15 is 0 Å². The lowest BCUT2D eigenvalue weighted by Crippen LogP contribution is -2.27. The zero-order valence-corrected chi connectivity index (χ0v) is 21.9. The van der Waals surface area contributed by atoms with Crippen LogP contribution in [0, 0.1) is 15.2 Å². The molecule has 0 saturated carbocycles. The third kappa shape index (κ3) is 5.62. The number of benzene rings is 3. The van der Waals surface area contributed by atoms with Crippen LogP contribution in [-0.2, 0) is 17.9 Å². The second kappa shape index (κ2) is 11.0. The number of rotatable bonds is 7. The van der Waals surface area contributed by atoms with Crippen LogP contribution in [-0.4, -0.2) is 23.2 Å². The largest absolute Gasteiger partial charge is 0.493 e. The minimum atomic E-state index is -0.508. The molecule has 0 aromatic heterocycles. The molecule has 1 saturated heterocycles. The Bertz CT molecular complexity index is 1330. The molecule has 1 aliphatic heterocycles. The molecule has 10 heteroatoms. The van der Waals surface area contributed by atoms with Crippen molar-refractivity contribution in [3.8, 4) is 11.5 Å². The van der Waals surface area contributed by atoms with E-state index in [1.54, 1.807) is 36.4 Å². The van der Waals surface area contributed by atoms with Gasteiger partial charge in [-0.2, -0.15) is 0 Å². The number of imide groups is 1. The van der Waals surface area contributed by atoms with E-state index in [1.807, 2.05) is 22.6 Å². The Labute approximate surface area is 223 Å². The van der Waals surface area contributed by atoms with Crippen LogP contribution in [0.25, 0.3) is 6.08 Å². The monoisotopic (exact) mass is 627 g/mol. The van der Waals surface area contributed by atoms with E-state index in [4.69, 9.17) is 21.1 Å². The summed E-state index contributed by atoms with van der Waals surface area (Å²) in [7, 11) is 1.46. The highest BCUT2D eigenvalue weighted by molar-refractivity contribution is 14.1. The topological polar surface area (TPSA) is 55.8 Å². The van der Waals surface area contributed by atoms with Crippen LogP contribution in [0.3, 0.4) is 0 Å². The number of methoxy groups -OCH3 is 1. The van der Waals surface area contributed by atoms with Crippen LogP contribution in [0.4, 0.5) is 13.6 Å². The predicted octanol–water partition coefficient (Wildman–Crippen LogP) is 7.05. The van der Waals surface area contributed by atoms with Crippen LogP contribution in [0.1, 0.15) is 16.7 Å². The summed E-state index contributed by atoms with van der Waals surface area (Å²) >= 11 is 8.90. The van der Waals surface area contributed by atoms with Crippen LogP contribution < -0.4 is 9.47 Å². The first kappa shape index (κ1) is 25.5. The summed E-state index contributed by atoms with van der Waals surface area (Å²) in [5, 5.41) is -0.227. The van der Waals surface area contributed by atoms with Crippen LogP contribution >= 0.6 is 46.0 Å². The maximum absolute atomic E-state index is 14.1. The lowest BCUT2D eigenvalue weighted by atomic mass is 10.1. The van der Waals surface area contributed by atoms with E-state index in [2.05, 4.69) is 0 Å². The third-order valence-corrected chi connectivity index (χ3v) is 7.19. The second-order valence-electron chi connectivity index (χ2n) is 7.38. The Kier molecular flexibility index (Phi) is 7.98. The molecule has 0 bridgehead atoms. The van der Waals surface area contributed by atoms with Gasteiger partial charge in [-0.05, 0) is 76.3 Å². The number of ether oxygens (including phenoxy) is 2. The van der Waals surface area contributed by atoms with Crippen LogP contribution in [0.5, 0.6) is 11.5 Å². The minimum Gasteiger partial charge on any atom is -0.493 e. The number of hydrogen-bond acceptors (Lipinski definition) is 5. The van der Waals surface area contributed by atoms with Gasteiger partial charge in [0, 0.05) is 11.1 Å². The Hall–Kier alpha value is -2.63. The average molecular weight is 628 g/mol. The molecule has 0 radical (unpaired) electrons. The van der Waals surface area contributed by atoms with Crippen molar-refractivity contribution in [2.24, 2.45) is 0 Å². The molecule has 1 fully saturated rings. The first-order valence-electron chi connectivity index (χ1n) is 10.2. The molecule has 4 rings (SSSR count). The van der Waals surface area contributed by atoms with E-state index < -0.39 is 22.8 Å². The summed E-state index contributed by atoms with van der Waals surface area (Å²) in [5.74, 6) is -0.721. The lowest BCUT2D eigenvalue weighted by molar-refractivity contribution is -0.123. The van der Waals surface area contributed by atoms with Crippen molar-refractivity contribution < 1.29 is 27.8 Å².